The zero-order chi connectivity index (χ0) is 20.9. The number of amides is 1. The summed E-state index contributed by atoms with van der Waals surface area (Å²) >= 11 is 0. The maximum Gasteiger partial charge on any atom is 0.409 e. The molecule has 2 fully saturated rings. The molecule has 1 aromatic heterocycles. The van der Waals surface area contributed by atoms with E-state index < -0.39 is 0 Å². The van der Waals surface area contributed by atoms with Gasteiger partial charge < -0.3 is 18.9 Å². The molecule has 6 nitrogen and oxygen atoms in total. The lowest BCUT2D eigenvalue weighted by Crippen LogP contribution is -2.28. The third kappa shape index (κ3) is 5.35. The quantitative estimate of drug-likeness (QED) is 0.554. The van der Waals surface area contributed by atoms with Crippen LogP contribution in [0.5, 0.6) is 5.75 Å². The molecule has 0 spiro atoms. The number of rotatable bonds is 8. The van der Waals surface area contributed by atoms with Crippen molar-refractivity contribution < 1.29 is 18.8 Å². The van der Waals surface area contributed by atoms with E-state index in [4.69, 9.17) is 14.0 Å². The van der Waals surface area contributed by atoms with E-state index in [1.165, 1.54) is 32.1 Å². The molecule has 1 aromatic carbocycles. The maximum atomic E-state index is 12.3. The molecule has 0 unspecified atom stereocenters. The van der Waals surface area contributed by atoms with E-state index in [1.807, 2.05) is 31.2 Å². The highest BCUT2D eigenvalue weighted by Crippen LogP contribution is 2.32. The smallest absolute Gasteiger partial charge is 0.409 e. The van der Waals surface area contributed by atoms with Crippen molar-refractivity contribution in [3.63, 3.8) is 0 Å². The largest absolute Gasteiger partial charge is 0.490 e. The minimum Gasteiger partial charge on any atom is -0.490 e. The van der Waals surface area contributed by atoms with Crippen molar-refractivity contribution in [2.24, 2.45) is 5.92 Å². The normalized spacial score (nSPS) is 17.0. The third-order valence-electron chi connectivity index (χ3n) is 6.18. The lowest BCUT2D eigenvalue weighted by molar-refractivity contribution is 0.104. The molecule has 30 heavy (non-hydrogen) atoms. The van der Waals surface area contributed by atoms with E-state index in [2.05, 4.69) is 5.16 Å². The number of hydrogen-bond donors (Lipinski definition) is 0. The van der Waals surface area contributed by atoms with Crippen LogP contribution in [0.15, 0.2) is 28.8 Å². The fourth-order valence-corrected chi connectivity index (χ4v) is 3.96. The molecule has 6 heteroatoms. The van der Waals surface area contributed by atoms with Gasteiger partial charge in [-0.05, 0) is 69.2 Å². The van der Waals surface area contributed by atoms with Gasteiger partial charge in [-0.15, -0.1) is 0 Å². The Bertz CT molecular complexity index is 835. The second kappa shape index (κ2) is 9.54. The Hall–Kier alpha value is -2.50. The molecule has 1 heterocycles. The summed E-state index contributed by atoms with van der Waals surface area (Å²) in [6.07, 6.45) is 9.72. The summed E-state index contributed by atoms with van der Waals surface area (Å²) in [5, 5.41) is 4.09. The van der Waals surface area contributed by atoms with Crippen molar-refractivity contribution in [3.8, 4) is 17.1 Å². The Morgan fingerprint density at radius 1 is 1.13 bits per heavy atom. The number of hydrogen-bond acceptors (Lipinski definition) is 5. The van der Waals surface area contributed by atoms with E-state index in [1.54, 1.807) is 11.9 Å². The van der Waals surface area contributed by atoms with E-state index >= 15 is 0 Å². The van der Waals surface area contributed by atoms with Gasteiger partial charge in [0.1, 0.15) is 12.4 Å². The van der Waals surface area contributed by atoms with Crippen LogP contribution in [0.3, 0.4) is 0 Å². The van der Waals surface area contributed by atoms with Crippen molar-refractivity contribution >= 4 is 6.09 Å². The topological polar surface area (TPSA) is 64.8 Å². The Labute approximate surface area is 178 Å². The van der Waals surface area contributed by atoms with E-state index in [9.17, 15) is 4.79 Å². The zero-order valence-electron chi connectivity index (χ0n) is 18.1. The standard InChI is InChI=1S/C24H32N2O4/c1-17-22(16-28-24(27)26(2)15-14-18-8-9-18)23(30-25-17)19-10-12-21(13-11-19)29-20-6-4-3-5-7-20/h10-13,18,20H,3-9,14-16H2,1-2H3. The molecular weight excluding hydrogens is 380 g/mol. The van der Waals surface area contributed by atoms with Crippen LogP contribution in [-0.2, 0) is 11.3 Å². The Kier molecular flexibility index (Phi) is 6.60. The lowest BCUT2D eigenvalue weighted by Gasteiger charge is -2.23. The van der Waals surface area contributed by atoms with Crippen LogP contribution < -0.4 is 4.74 Å². The number of carbonyl (C=O) groups is 1. The summed E-state index contributed by atoms with van der Waals surface area (Å²) in [6, 6.07) is 7.91. The van der Waals surface area contributed by atoms with Crippen LogP contribution in [0.1, 0.15) is 62.6 Å². The van der Waals surface area contributed by atoms with Gasteiger partial charge in [0, 0.05) is 19.2 Å². The molecule has 0 bridgehead atoms. The van der Waals surface area contributed by atoms with Crippen LogP contribution in [0.4, 0.5) is 4.79 Å². The molecule has 2 aliphatic rings. The number of aromatic nitrogens is 1. The number of carbonyl (C=O) groups excluding carboxylic acids is 1. The number of benzene rings is 1. The summed E-state index contributed by atoms with van der Waals surface area (Å²) in [4.78, 5) is 14.0. The molecule has 162 valence electrons. The summed E-state index contributed by atoms with van der Waals surface area (Å²) < 4.78 is 17.2. The minimum absolute atomic E-state index is 0.150. The molecule has 0 N–H and O–H groups in total. The SMILES string of the molecule is Cc1noc(-c2ccc(OC3CCCCC3)cc2)c1COC(=O)N(C)CCC1CC1. The Morgan fingerprint density at radius 2 is 1.87 bits per heavy atom. The highest BCUT2D eigenvalue weighted by atomic mass is 16.6. The molecule has 1 amide bonds. The van der Waals surface area contributed by atoms with Crippen molar-refractivity contribution in [1.82, 2.24) is 10.1 Å². The van der Waals surface area contributed by atoms with Gasteiger partial charge in [-0.1, -0.05) is 24.4 Å². The third-order valence-corrected chi connectivity index (χ3v) is 6.18. The average Bonchev–Trinajstić information content (AvgIpc) is 3.53. The summed E-state index contributed by atoms with van der Waals surface area (Å²) in [6.45, 7) is 2.76. The van der Waals surface area contributed by atoms with Gasteiger partial charge >= 0.3 is 6.09 Å². The monoisotopic (exact) mass is 412 g/mol. The summed E-state index contributed by atoms with van der Waals surface area (Å²) in [5.41, 5.74) is 2.44. The number of ether oxygens (including phenoxy) is 2. The van der Waals surface area contributed by atoms with Gasteiger partial charge in [0.25, 0.3) is 0 Å². The number of aryl methyl sites for hydroxylation is 1. The van der Waals surface area contributed by atoms with Crippen LogP contribution in [0.25, 0.3) is 11.3 Å². The van der Waals surface area contributed by atoms with Crippen LogP contribution in [0, 0.1) is 12.8 Å². The van der Waals surface area contributed by atoms with Gasteiger partial charge in [0.15, 0.2) is 5.76 Å². The van der Waals surface area contributed by atoms with Crippen LogP contribution in [-0.4, -0.2) is 35.8 Å². The van der Waals surface area contributed by atoms with E-state index in [0.29, 0.717) is 11.9 Å². The number of nitrogens with zero attached hydrogens (tertiary/aromatic N) is 2. The highest BCUT2D eigenvalue weighted by Gasteiger charge is 2.23. The maximum absolute atomic E-state index is 12.3. The fraction of sp³-hybridized carbons (Fsp3) is 0.583. The first kappa shape index (κ1) is 20.8. The molecule has 2 aliphatic carbocycles. The molecule has 0 aliphatic heterocycles. The van der Waals surface area contributed by atoms with Crippen LogP contribution in [0.2, 0.25) is 0 Å². The van der Waals surface area contributed by atoms with Gasteiger partial charge in [0.2, 0.25) is 0 Å². The van der Waals surface area contributed by atoms with Crippen LogP contribution >= 0.6 is 0 Å². The first-order valence-corrected chi connectivity index (χ1v) is 11.2. The first-order chi connectivity index (χ1) is 14.6. The van der Waals surface area contributed by atoms with Gasteiger partial charge in [-0.2, -0.15) is 0 Å². The average molecular weight is 413 g/mol. The van der Waals surface area contributed by atoms with E-state index in [0.717, 1.165) is 54.3 Å². The second-order valence-electron chi connectivity index (χ2n) is 8.69. The Balaban J connectivity index is 1.35. The first-order valence-electron chi connectivity index (χ1n) is 11.2. The summed E-state index contributed by atoms with van der Waals surface area (Å²) in [5.74, 6) is 2.31. The predicted octanol–water partition coefficient (Wildman–Crippen LogP) is 5.73. The molecular formula is C24H32N2O4. The van der Waals surface area contributed by atoms with Gasteiger partial charge in [0.05, 0.1) is 17.4 Å². The van der Waals surface area contributed by atoms with Gasteiger partial charge in [-0.25, -0.2) is 4.79 Å². The lowest BCUT2D eigenvalue weighted by atomic mass is 9.98. The van der Waals surface area contributed by atoms with Crippen molar-refractivity contribution in [2.75, 3.05) is 13.6 Å². The highest BCUT2D eigenvalue weighted by molar-refractivity contribution is 5.68. The van der Waals surface area contributed by atoms with Crippen molar-refractivity contribution in [1.29, 1.82) is 0 Å². The molecule has 0 radical (unpaired) electrons. The summed E-state index contributed by atoms with van der Waals surface area (Å²) in [7, 11) is 1.79. The second-order valence-corrected chi connectivity index (χ2v) is 8.69. The van der Waals surface area contributed by atoms with Gasteiger partial charge in [-0.3, -0.25) is 0 Å². The van der Waals surface area contributed by atoms with Crippen molar-refractivity contribution in [2.45, 2.75) is 71.0 Å². The molecule has 0 atom stereocenters. The molecule has 0 saturated heterocycles. The molecule has 4 rings (SSSR count). The molecule has 2 aromatic rings. The predicted molar refractivity (Wildman–Crippen MR) is 114 cm³/mol. The zero-order valence-corrected chi connectivity index (χ0v) is 18.1. The minimum atomic E-state index is -0.307. The Morgan fingerprint density at radius 3 is 2.57 bits per heavy atom. The molecule has 2 saturated carbocycles. The van der Waals surface area contributed by atoms with E-state index in [-0.39, 0.29) is 12.7 Å². The van der Waals surface area contributed by atoms with Crippen molar-refractivity contribution in [3.05, 3.63) is 35.5 Å². The fourth-order valence-electron chi connectivity index (χ4n) is 3.96.